The summed E-state index contributed by atoms with van der Waals surface area (Å²) in [7, 11) is 1.24. The Hall–Kier alpha value is -3.04. The number of esters is 1. The maximum atomic E-state index is 13.8. The molecule has 0 bridgehead atoms. The number of carbonyl (C=O) groups is 4. The number of carbonyl (C=O) groups excluding carboxylic acids is 4. The first kappa shape index (κ1) is 28.0. The first-order chi connectivity index (χ1) is 18.1. The van der Waals surface area contributed by atoms with Gasteiger partial charge in [-0.05, 0) is 48.9 Å². The third-order valence-corrected chi connectivity index (χ3v) is 8.41. The Morgan fingerprint density at radius 1 is 0.895 bits per heavy atom. The topological polar surface area (TPSA) is 131 Å². The van der Waals surface area contributed by atoms with Crippen molar-refractivity contribution in [2.75, 3.05) is 20.2 Å². The second kappa shape index (κ2) is 11.8. The average Bonchev–Trinajstić information content (AvgIpc) is 3.52. The zero-order valence-corrected chi connectivity index (χ0v) is 23.0. The number of likely N-dealkylation sites (tertiary alicyclic amines) is 1. The van der Waals surface area contributed by atoms with E-state index in [4.69, 9.17) is 0 Å². The van der Waals surface area contributed by atoms with Gasteiger partial charge in [-0.25, -0.2) is 14.8 Å². The highest BCUT2D eigenvalue weighted by molar-refractivity contribution is 5.97. The van der Waals surface area contributed by atoms with Crippen LogP contribution in [0.3, 0.4) is 0 Å². The smallest absolute Gasteiger partial charge is 0.358 e. The maximum absolute atomic E-state index is 13.8. The Morgan fingerprint density at radius 2 is 1.50 bits per heavy atom. The van der Waals surface area contributed by atoms with Crippen molar-refractivity contribution in [1.82, 2.24) is 25.5 Å². The summed E-state index contributed by atoms with van der Waals surface area (Å²) < 4.78 is 4.63. The fourth-order valence-electron chi connectivity index (χ4n) is 6.21. The van der Waals surface area contributed by atoms with E-state index in [1.165, 1.54) is 38.8 Å². The van der Waals surface area contributed by atoms with Gasteiger partial charge in [-0.1, -0.05) is 46.5 Å². The van der Waals surface area contributed by atoms with E-state index in [-0.39, 0.29) is 29.1 Å². The van der Waals surface area contributed by atoms with Crippen LogP contribution >= 0.6 is 0 Å². The number of aromatic nitrogens is 2. The highest BCUT2D eigenvalue weighted by Crippen LogP contribution is 2.38. The SMILES string of the molecule is COC(=O)c1cnc(C(=O)NC(C(=O)N[C@H](C(=O)N2C[C@H]3CCC[C@H]3C2)C(C)(C)C)C2CCCCC2)cn1. The molecule has 2 saturated carbocycles. The van der Waals surface area contributed by atoms with Crippen LogP contribution in [-0.2, 0) is 14.3 Å². The second-order valence-corrected chi connectivity index (χ2v) is 12.1. The molecular formula is C28H41N5O5. The summed E-state index contributed by atoms with van der Waals surface area (Å²) in [6.07, 6.45) is 10.6. The van der Waals surface area contributed by atoms with Crippen molar-refractivity contribution in [3.05, 3.63) is 23.8 Å². The van der Waals surface area contributed by atoms with Crippen LogP contribution in [0.25, 0.3) is 0 Å². The van der Waals surface area contributed by atoms with E-state index in [2.05, 4.69) is 25.3 Å². The van der Waals surface area contributed by atoms with Crippen molar-refractivity contribution < 1.29 is 23.9 Å². The van der Waals surface area contributed by atoms with E-state index in [1.807, 2.05) is 25.7 Å². The lowest BCUT2D eigenvalue weighted by molar-refractivity contribution is -0.139. The standard InChI is InChI=1S/C28H41N5O5/c1-28(2,3)23(26(36)33-15-18-11-8-12-19(18)16-33)32-25(35)22(17-9-6-5-7-10-17)31-24(34)20-13-30-21(14-29-20)27(37)38-4/h13-14,17-19,22-23H,5-12,15-16H2,1-4H3,(H,31,34)(H,32,35)/t18-,19+,22?,23-/m1/s1. The summed E-state index contributed by atoms with van der Waals surface area (Å²) in [5.74, 6) is -0.506. The summed E-state index contributed by atoms with van der Waals surface area (Å²) >= 11 is 0. The summed E-state index contributed by atoms with van der Waals surface area (Å²) in [6.45, 7) is 7.39. The molecule has 1 saturated heterocycles. The average molecular weight is 528 g/mol. The lowest BCUT2D eigenvalue weighted by Crippen LogP contribution is -2.60. The molecule has 10 nitrogen and oxygen atoms in total. The number of ether oxygens (including phenoxy) is 1. The molecule has 208 valence electrons. The molecular weight excluding hydrogens is 486 g/mol. The minimum Gasteiger partial charge on any atom is -0.464 e. The highest BCUT2D eigenvalue weighted by Gasteiger charge is 2.44. The van der Waals surface area contributed by atoms with Crippen LogP contribution in [0, 0.1) is 23.2 Å². The van der Waals surface area contributed by atoms with Crippen molar-refractivity contribution in [3.63, 3.8) is 0 Å². The fraction of sp³-hybridized carbons (Fsp3) is 0.714. The second-order valence-electron chi connectivity index (χ2n) is 12.1. The van der Waals surface area contributed by atoms with Gasteiger partial charge in [-0.3, -0.25) is 14.4 Å². The molecule has 1 aliphatic heterocycles. The van der Waals surface area contributed by atoms with Crippen molar-refractivity contribution in [3.8, 4) is 0 Å². The molecule has 0 radical (unpaired) electrons. The fourth-order valence-corrected chi connectivity index (χ4v) is 6.21. The summed E-state index contributed by atoms with van der Waals surface area (Å²) in [5.41, 5.74) is -0.512. The van der Waals surface area contributed by atoms with E-state index < -0.39 is 29.4 Å². The summed E-state index contributed by atoms with van der Waals surface area (Å²) in [4.78, 5) is 62.1. The highest BCUT2D eigenvalue weighted by atomic mass is 16.5. The largest absolute Gasteiger partial charge is 0.464 e. The van der Waals surface area contributed by atoms with E-state index >= 15 is 0 Å². The third-order valence-electron chi connectivity index (χ3n) is 8.41. The quantitative estimate of drug-likeness (QED) is 0.521. The lowest BCUT2D eigenvalue weighted by Gasteiger charge is -2.36. The van der Waals surface area contributed by atoms with Gasteiger partial charge >= 0.3 is 5.97 Å². The van der Waals surface area contributed by atoms with Crippen LogP contribution < -0.4 is 10.6 Å². The van der Waals surface area contributed by atoms with Crippen LogP contribution in [0.15, 0.2) is 12.4 Å². The minimum absolute atomic E-state index is 0.00156. The molecule has 3 amide bonds. The first-order valence-corrected chi connectivity index (χ1v) is 13.9. The Kier molecular flexibility index (Phi) is 8.67. The monoisotopic (exact) mass is 527 g/mol. The summed E-state index contributed by atoms with van der Waals surface area (Å²) in [6, 6.07) is -1.50. The molecule has 3 fully saturated rings. The van der Waals surface area contributed by atoms with Crippen LogP contribution in [-0.4, -0.2) is 70.8 Å². The normalized spacial score (nSPS) is 23.3. The van der Waals surface area contributed by atoms with Crippen LogP contribution in [0.4, 0.5) is 0 Å². The van der Waals surface area contributed by atoms with Gasteiger partial charge in [0.1, 0.15) is 17.8 Å². The van der Waals surface area contributed by atoms with E-state index in [1.54, 1.807) is 0 Å². The molecule has 2 N–H and O–H groups in total. The van der Waals surface area contributed by atoms with Gasteiger partial charge in [-0.15, -0.1) is 0 Å². The number of rotatable bonds is 7. The number of nitrogens with one attached hydrogen (secondary N) is 2. The molecule has 38 heavy (non-hydrogen) atoms. The molecule has 3 aliphatic rings. The van der Waals surface area contributed by atoms with Crippen molar-refractivity contribution in [2.45, 2.75) is 84.2 Å². The van der Waals surface area contributed by atoms with Gasteiger partial charge in [0.15, 0.2) is 5.69 Å². The molecule has 4 atom stereocenters. The number of nitrogens with zero attached hydrogens (tertiary/aromatic N) is 3. The molecule has 2 aliphatic carbocycles. The van der Waals surface area contributed by atoms with Crippen LogP contribution in [0.2, 0.25) is 0 Å². The van der Waals surface area contributed by atoms with Gasteiger partial charge in [0.25, 0.3) is 5.91 Å². The molecule has 0 aromatic carbocycles. The molecule has 4 rings (SSSR count). The summed E-state index contributed by atoms with van der Waals surface area (Å²) in [5, 5.41) is 5.91. The number of amides is 3. The van der Waals surface area contributed by atoms with Gasteiger partial charge in [0.2, 0.25) is 11.8 Å². The van der Waals surface area contributed by atoms with E-state index in [0.717, 1.165) is 45.2 Å². The predicted octanol–water partition coefficient (Wildman–Crippen LogP) is 2.73. The van der Waals surface area contributed by atoms with Gasteiger partial charge in [-0.2, -0.15) is 0 Å². The molecule has 2 heterocycles. The number of fused-ring (bicyclic) bond motifs is 1. The number of hydrogen-bond acceptors (Lipinski definition) is 7. The van der Waals surface area contributed by atoms with Gasteiger partial charge in [0.05, 0.1) is 19.5 Å². The Labute approximate surface area is 224 Å². The van der Waals surface area contributed by atoms with E-state index in [0.29, 0.717) is 11.8 Å². The zero-order chi connectivity index (χ0) is 27.4. The predicted molar refractivity (Wildman–Crippen MR) is 140 cm³/mol. The van der Waals surface area contributed by atoms with Crippen LogP contribution in [0.1, 0.15) is 93.1 Å². The Morgan fingerprint density at radius 3 is 2.05 bits per heavy atom. The van der Waals surface area contributed by atoms with Crippen LogP contribution in [0.5, 0.6) is 0 Å². The van der Waals surface area contributed by atoms with Crippen molar-refractivity contribution in [1.29, 1.82) is 0 Å². The molecule has 0 spiro atoms. The van der Waals surface area contributed by atoms with E-state index in [9.17, 15) is 19.2 Å². The number of methoxy groups -OCH3 is 1. The Balaban J connectivity index is 1.50. The van der Waals surface area contributed by atoms with Crippen molar-refractivity contribution >= 4 is 23.7 Å². The zero-order valence-electron chi connectivity index (χ0n) is 23.0. The minimum atomic E-state index is -0.805. The first-order valence-electron chi connectivity index (χ1n) is 13.9. The molecule has 1 aromatic rings. The van der Waals surface area contributed by atoms with Crippen molar-refractivity contribution in [2.24, 2.45) is 23.2 Å². The number of hydrogen-bond donors (Lipinski definition) is 2. The maximum Gasteiger partial charge on any atom is 0.358 e. The third kappa shape index (κ3) is 6.32. The van der Waals surface area contributed by atoms with Gasteiger partial charge < -0.3 is 20.3 Å². The molecule has 1 unspecified atom stereocenters. The van der Waals surface area contributed by atoms with Gasteiger partial charge in [0, 0.05) is 13.1 Å². The molecule has 1 aromatic heterocycles. The lowest BCUT2D eigenvalue weighted by atomic mass is 9.82. The Bertz CT molecular complexity index is 1020. The molecule has 10 heteroatoms.